The Bertz CT molecular complexity index is 661. The van der Waals surface area contributed by atoms with Crippen LogP contribution >= 0.6 is 24.0 Å². The number of aliphatic imine (C=N–C) groups is 1. The Balaban J connectivity index is 0.00000312. The van der Waals surface area contributed by atoms with Crippen molar-refractivity contribution >= 4 is 45.6 Å². The summed E-state index contributed by atoms with van der Waals surface area (Å²) in [5, 5.41) is 0. The Morgan fingerprint density at radius 2 is 1.84 bits per heavy atom. The van der Waals surface area contributed by atoms with E-state index in [1.807, 2.05) is 4.90 Å². The molecule has 0 saturated carbocycles. The average Bonchev–Trinajstić information content (AvgIpc) is 2.59. The average molecular weight is 485 g/mol. The van der Waals surface area contributed by atoms with E-state index in [0.29, 0.717) is 25.6 Å². The molecule has 1 saturated heterocycles. The summed E-state index contributed by atoms with van der Waals surface area (Å²) < 4.78 is 38.0. The Hall–Kier alpha value is -1.14. The minimum Gasteiger partial charge on any atom is -0.370 e. The molecule has 0 amide bonds. The van der Waals surface area contributed by atoms with Gasteiger partial charge in [-0.15, -0.1) is 24.0 Å². The molecule has 1 aliphatic heterocycles. The number of hydrogen-bond acceptors (Lipinski definition) is 4. The summed E-state index contributed by atoms with van der Waals surface area (Å²) >= 11 is 0. The Kier molecular flexibility index (Phi) is 8.86. The molecule has 10 heteroatoms. The van der Waals surface area contributed by atoms with Gasteiger partial charge in [-0.25, -0.2) is 17.5 Å². The third-order valence-corrected chi connectivity index (χ3v) is 5.29. The van der Waals surface area contributed by atoms with Crippen molar-refractivity contribution in [3.8, 4) is 0 Å². The minimum atomic E-state index is -3.19. The van der Waals surface area contributed by atoms with Crippen molar-refractivity contribution in [2.24, 2.45) is 10.7 Å². The largest absolute Gasteiger partial charge is 0.370 e. The van der Waals surface area contributed by atoms with Crippen LogP contribution in [0.4, 0.5) is 10.1 Å². The van der Waals surface area contributed by atoms with E-state index in [0.717, 1.165) is 18.8 Å². The maximum Gasteiger partial charge on any atom is 0.211 e. The fourth-order valence-electron chi connectivity index (χ4n) is 2.42. The first-order valence-electron chi connectivity index (χ1n) is 7.94. The van der Waals surface area contributed by atoms with Crippen LogP contribution in [0, 0.1) is 5.82 Å². The zero-order valence-electron chi connectivity index (χ0n) is 14.2. The van der Waals surface area contributed by atoms with Crippen molar-refractivity contribution in [2.75, 3.05) is 49.9 Å². The molecule has 1 fully saturated rings. The van der Waals surface area contributed by atoms with E-state index in [4.69, 9.17) is 5.73 Å². The van der Waals surface area contributed by atoms with Crippen molar-refractivity contribution in [2.45, 2.75) is 6.92 Å². The minimum absolute atomic E-state index is 0. The lowest BCUT2D eigenvalue weighted by Crippen LogP contribution is -2.51. The van der Waals surface area contributed by atoms with Gasteiger partial charge in [-0.05, 0) is 31.2 Å². The molecule has 1 aliphatic rings. The van der Waals surface area contributed by atoms with Crippen molar-refractivity contribution in [3.63, 3.8) is 0 Å². The van der Waals surface area contributed by atoms with Gasteiger partial charge >= 0.3 is 0 Å². The maximum atomic E-state index is 13.0. The lowest BCUT2D eigenvalue weighted by Gasteiger charge is -2.36. The van der Waals surface area contributed by atoms with E-state index >= 15 is 0 Å². The van der Waals surface area contributed by atoms with Crippen LogP contribution in [0.5, 0.6) is 0 Å². The lowest BCUT2D eigenvalue weighted by molar-refractivity contribution is 0.381. The monoisotopic (exact) mass is 485 g/mol. The molecule has 3 N–H and O–H groups in total. The summed E-state index contributed by atoms with van der Waals surface area (Å²) in [4.78, 5) is 8.35. The van der Waals surface area contributed by atoms with Crippen LogP contribution in [0.3, 0.4) is 0 Å². The van der Waals surface area contributed by atoms with Gasteiger partial charge in [0, 0.05) is 38.4 Å². The van der Waals surface area contributed by atoms with Gasteiger partial charge in [0.05, 0.1) is 12.3 Å². The number of benzene rings is 1. The maximum absolute atomic E-state index is 13.0. The first-order valence-corrected chi connectivity index (χ1v) is 9.59. The number of halogens is 2. The first-order chi connectivity index (χ1) is 11.4. The Morgan fingerprint density at radius 1 is 1.24 bits per heavy atom. The number of sulfonamides is 1. The highest BCUT2D eigenvalue weighted by Crippen LogP contribution is 2.16. The summed E-state index contributed by atoms with van der Waals surface area (Å²) in [6.45, 7) is 5.10. The molecule has 1 aromatic carbocycles. The van der Waals surface area contributed by atoms with Crippen LogP contribution in [0.1, 0.15) is 6.92 Å². The Labute approximate surface area is 165 Å². The second-order valence-electron chi connectivity index (χ2n) is 5.49. The molecule has 0 atom stereocenters. The summed E-state index contributed by atoms with van der Waals surface area (Å²) in [7, 11) is -3.19. The topological polar surface area (TPSA) is 91.0 Å². The molecule has 0 aromatic heterocycles. The number of anilines is 1. The Morgan fingerprint density at radius 3 is 2.40 bits per heavy atom. The molecule has 0 bridgehead atoms. The van der Waals surface area contributed by atoms with Crippen LogP contribution in [0.2, 0.25) is 0 Å². The van der Waals surface area contributed by atoms with Crippen LogP contribution in [-0.4, -0.2) is 64.3 Å². The number of piperazine rings is 1. The molecule has 1 heterocycles. The van der Waals surface area contributed by atoms with E-state index in [1.54, 1.807) is 19.1 Å². The molecular weight excluding hydrogens is 460 g/mol. The van der Waals surface area contributed by atoms with E-state index in [2.05, 4.69) is 14.6 Å². The van der Waals surface area contributed by atoms with Gasteiger partial charge in [0.15, 0.2) is 5.96 Å². The van der Waals surface area contributed by atoms with Gasteiger partial charge in [-0.1, -0.05) is 0 Å². The normalized spacial score (nSPS) is 15.8. The summed E-state index contributed by atoms with van der Waals surface area (Å²) in [5.41, 5.74) is 6.95. The standard InChI is InChI=1S/C15H24FN5O2S.HI/c1-2-24(22,23)19-8-7-18-15(17)21-11-9-20(10-12-21)14-5-3-13(16)4-6-14;/h3-6,19H,2,7-12H2,1H3,(H2,17,18);1H. The van der Waals surface area contributed by atoms with Gasteiger partial charge < -0.3 is 15.5 Å². The SMILES string of the molecule is CCS(=O)(=O)NCCN=C(N)N1CCN(c2ccc(F)cc2)CC1.I. The van der Waals surface area contributed by atoms with Gasteiger partial charge in [-0.2, -0.15) is 0 Å². The number of hydrogen-bond donors (Lipinski definition) is 2. The van der Waals surface area contributed by atoms with Crippen LogP contribution < -0.4 is 15.4 Å². The van der Waals surface area contributed by atoms with Gasteiger partial charge in [0.1, 0.15) is 5.82 Å². The fraction of sp³-hybridized carbons (Fsp3) is 0.533. The summed E-state index contributed by atoms with van der Waals surface area (Å²) in [6, 6.07) is 6.44. The van der Waals surface area contributed by atoms with Crippen LogP contribution in [0.25, 0.3) is 0 Å². The molecule has 7 nitrogen and oxygen atoms in total. The van der Waals surface area contributed by atoms with Crippen molar-refractivity contribution in [1.29, 1.82) is 0 Å². The van der Waals surface area contributed by atoms with Gasteiger partial charge in [0.25, 0.3) is 0 Å². The predicted octanol–water partition coefficient (Wildman–Crippen LogP) is 0.820. The molecular formula is C15H25FIN5O2S. The number of rotatable bonds is 6. The molecule has 25 heavy (non-hydrogen) atoms. The lowest BCUT2D eigenvalue weighted by atomic mass is 10.2. The predicted molar refractivity (Wildman–Crippen MR) is 110 cm³/mol. The van der Waals surface area contributed by atoms with Gasteiger partial charge in [0.2, 0.25) is 10.0 Å². The van der Waals surface area contributed by atoms with E-state index in [9.17, 15) is 12.8 Å². The van der Waals surface area contributed by atoms with E-state index in [-0.39, 0.29) is 42.1 Å². The quantitative estimate of drug-likeness (QED) is 0.270. The number of nitrogens with zero attached hydrogens (tertiary/aromatic N) is 3. The number of nitrogens with two attached hydrogens (primary N) is 1. The van der Waals surface area contributed by atoms with Crippen molar-refractivity contribution < 1.29 is 12.8 Å². The second kappa shape index (κ2) is 10.1. The third kappa shape index (κ3) is 6.94. The second-order valence-corrected chi connectivity index (χ2v) is 7.58. The van der Waals surface area contributed by atoms with E-state index < -0.39 is 10.0 Å². The zero-order valence-corrected chi connectivity index (χ0v) is 17.3. The zero-order chi connectivity index (χ0) is 17.6. The first kappa shape index (κ1) is 21.9. The van der Waals surface area contributed by atoms with Gasteiger partial charge in [-0.3, -0.25) is 4.99 Å². The highest BCUT2D eigenvalue weighted by atomic mass is 127. The molecule has 0 unspecified atom stereocenters. The smallest absolute Gasteiger partial charge is 0.211 e. The highest BCUT2D eigenvalue weighted by molar-refractivity contribution is 14.0. The summed E-state index contributed by atoms with van der Waals surface area (Å²) in [6.07, 6.45) is 0. The molecule has 2 rings (SSSR count). The molecule has 0 radical (unpaired) electrons. The summed E-state index contributed by atoms with van der Waals surface area (Å²) in [5.74, 6) is 0.231. The molecule has 0 aliphatic carbocycles. The van der Waals surface area contributed by atoms with Crippen molar-refractivity contribution in [1.82, 2.24) is 9.62 Å². The molecule has 142 valence electrons. The molecule has 1 aromatic rings. The highest BCUT2D eigenvalue weighted by Gasteiger charge is 2.18. The number of nitrogens with one attached hydrogen (secondary N) is 1. The van der Waals surface area contributed by atoms with Crippen molar-refractivity contribution in [3.05, 3.63) is 30.1 Å². The fourth-order valence-corrected chi connectivity index (χ4v) is 3.03. The van der Waals surface area contributed by atoms with Crippen LogP contribution in [-0.2, 0) is 10.0 Å². The third-order valence-electron chi connectivity index (χ3n) is 3.88. The molecule has 0 spiro atoms. The number of guanidine groups is 1. The van der Waals surface area contributed by atoms with Crippen LogP contribution in [0.15, 0.2) is 29.3 Å². The van der Waals surface area contributed by atoms with E-state index in [1.165, 1.54) is 12.1 Å².